The van der Waals surface area contributed by atoms with E-state index in [1.807, 2.05) is 11.3 Å². The van der Waals surface area contributed by atoms with E-state index in [2.05, 4.69) is 56.8 Å². The van der Waals surface area contributed by atoms with Crippen molar-refractivity contribution in [2.24, 2.45) is 0 Å². The van der Waals surface area contributed by atoms with E-state index in [-0.39, 0.29) is 5.97 Å². The Kier molecular flexibility index (Phi) is 9.73. The highest BCUT2D eigenvalue weighted by molar-refractivity contribution is 7.15. The second-order valence-corrected chi connectivity index (χ2v) is 6.64. The van der Waals surface area contributed by atoms with Crippen LogP contribution in [0.4, 0.5) is 0 Å². The van der Waals surface area contributed by atoms with E-state index >= 15 is 0 Å². The van der Waals surface area contributed by atoms with Crippen LogP contribution < -0.4 is 0 Å². The summed E-state index contributed by atoms with van der Waals surface area (Å²) < 4.78 is 9.54. The summed E-state index contributed by atoms with van der Waals surface area (Å²) in [6, 6.07) is 13.0. The number of hydrogen-bond acceptors (Lipinski definition) is 4. The Morgan fingerprint density at radius 2 is 1.92 bits per heavy atom. The second-order valence-electron chi connectivity index (χ2n) is 5.35. The second kappa shape index (κ2) is 11.6. The van der Waals surface area contributed by atoms with Crippen LogP contribution in [0.15, 0.2) is 49.1 Å². The zero-order chi connectivity index (χ0) is 17.8. The minimum absolute atomic E-state index is 0.359. The highest BCUT2D eigenvalue weighted by Gasteiger charge is 1.99. The lowest BCUT2D eigenvalue weighted by atomic mass is 10.1. The van der Waals surface area contributed by atoms with Gasteiger partial charge in [0.05, 0.1) is 6.61 Å². The summed E-state index contributed by atoms with van der Waals surface area (Å²) in [6.07, 6.45) is 2.92. The van der Waals surface area contributed by atoms with Gasteiger partial charge in [0.2, 0.25) is 0 Å². The molecule has 0 aliphatic rings. The van der Waals surface area contributed by atoms with Crippen molar-refractivity contribution in [3.8, 4) is 10.4 Å². The first kappa shape index (κ1) is 20.1. The number of carbonyl (C=O) groups is 1. The molecule has 0 saturated carbocycles. The summed E-state index contributed by atoms with van der Waals surface area (Å²) in [5, 5.41) is 0. The largest absolute Gasteiger partial charge is 0.463 e. The molecule has 0 atom stereocenters. The van der Waals surface area contributed by atoms with Crippen molar-refractivity contribution in [1.29, 1.82) is 0 Å². The minimum Gasteiger partial charge on any atom is -0.463 e. The highest BCUT2D eigenvalue weighted by Crippen LogP contribution is 2.27. The van der Waals surface area contributed by atoms with E-state index < -0.39 is 0 Å². The molecule has 0 fully saturated rings. The lowest BCUT2D eigenvalue weighted by Crippen LogP contribution is -2.02. The molecule has 0 spiro atoms. The monoisotopic (exact) mass is 346 g/mol. The molecule has 0 N–H and O–H groups in total. The number of benzene rings is 1. The van der Waals surface area contributed by atoms with Crippen LogP contribution in [-0.2, 0) is 14.3 Å². The third-order valence-electron chi connectivity index (χ3n) is 3.20. The van der Waals surface area contributed by atoms with Crippen LogP contribution in [0.5, 0.6) is 0 Å². The Bertz CT molecular complexity index is 631. The molecular formula is C20H26O3S. The topological polar surface area (TPSA) is 35.5 Å². The maximum atomic E-state index is 10.5. The maximum Gasteiger partial charge on any atom is 0.330 e. The van der Waals surface area contributed by atoms with Crippen molar-refractivity contribution in [2.45, 2.75) is 26.7 Å². The van der Waals surface area contributed by atoms with E-state index in [0.29, 0.717) is 13.2 Å². The van der Waals surface area contributed by atoms with Crippen molar-refractivity contribution in [2.75, 3.05) is 20.3 Å². The number of ether oxygens (including phenoxy) is 2. The molecule has 1 aromatic heterocycles. The fourth-order valence-corrected chi connectivity index (χ4v) is 2.83. The van der Waals surface area contributed by atoms with E-state index in [9.17, 15) is 4.79 Å². The van der Waals surface area contributed by atoms with Gasteiger partial charge in [-0.25, -0.2) is 4.79 Å². The van der Waals surface area contributed by atoms with Crippen LogP contribution in [-0.4, -0.2) is 26.3 Å². The zero-order valence-electron chi connectivity index (χ0n) is 14.7. The molecule has 1 aromatic carbocycles. The minimum atomic E-state index is -0.359. The summed E-state index contributed by atoms with van der Waals surface area (Å²) in [5.41, 5.74) is 2.65. The molecule has 0 aliphatic carbocycles. The molecule has 2 rings (SSSR count). The molecule has 0 radical (unpaired) electrons. The molecule has 130 valence electrons. The average Bonchev–Trinajstić information content (AvgIpc) is 3.01. The first-order valence-electron chi connectivity index (χ1n) is 7.98. The van der Waals surface area contributed by atoms with Crippen LogP contribution in [0.3, 0.4) is 0 Å². The molecule has 0 saturated heterocycles. The molecule has 3 nitrogen and oxygen atoms in total. The number of aryl methyl sites for hydroxylation is 2. The van der Waals surface area contributed by atoms with Gasteiger partial charge in [0.15, 0.2) is 0 Å². The standard InChI is InChI=1S/C12H12S.C8H14O3/c1-9-4-3-5-11(8-9)12-7-6-10(2)13-12;1-3-8(9)11-7-5-4-6-10-2/h3-8H,1-2H3;3H,1,4-7H2,2H3. The number of hydrogen-bond donors (Lipinski definition) is 0. The highest BCUT2D eigenvalue weighted by atomic mass is 32.1. The van der Waals surface area contributed by atoms with Gasteiger partial charge in [-0.05, 0) is 44.4 Å². The van der Waals surface area contributed by atoms with Crippen LogP contribution in [0.1, 0.15) is 23.3 Å². The van der Waals surface area contributed by atoms with Gasteiger partial charge in [-0.15, -0.1) is 11.3 Å². The molecule has 1 heterocycles. The van der Waals surface area contributed by atoms with Gasteiger partial charge in [0.25, 0.3) is 0 Å². The van der Waals surface area contributed by atoms with E-state index in [1.165, 1.54) is 20.9 Å². The summed E-state index contributed by atoms with van der Waals surface area (Å²) in [5.74, 6) is -0.359. The van der Waals surface area contributed by atoms with Crippen molar-refractivity contribution in [3.63, 3.8) is 0 Å². The predicted molar refractivity (Wildman–Crippen MR) is 101 cm³/mol. The number of unbranched alkanes of at least 4 members (excludes halogenated alkanes) is 1. The lowest BCUT2D eigenvalue weighted by Gasteiger charge is -2.00. The van der Waals surface area contributed by atoms with Crippen molar-refractivity contribution in [1.82, 2.24) is 0 Å². The smallest absolute Gasteiger partial charge is 0.330 e. The van der Waals surface area contributed by atoms with Gasteiger partial charge < -0.3 is 9.47 Å². The number of thiophene rings is 1. The summed E-state index contributed by atoms with van der Waals surface area (Å²) in [7, 11) is 1.65. The Hall–Kier alpha value is -1.91. The Labute approximate surface area is 148 Å². The van der Waals surface area contributed by atoms with Gasteiger partial charge in [-0.3, -0.25) is 0 Å². The van der Waals surface area contributed by atoms with Crippen molar-refractivity contribution < 1.29 is 14.3 Å². The Morgan fingerprint density at radius 3 is 2.50 bits per heavy atom. The van der Waals surface area contributed by atoms with Gasteiger partial charge in [-0.2, -0.15) is 0 Å². The molecule has 2 aromatic rings. The first-order valence-corrected chi connectivity index (χ1v) is 8.80. The number of methoxy groups -OCH3 is 1. The summed E-state index contributed by atoms with van der Waals surface area (Å²) >= 11 is 1.85. The van der Waals surface area contributed by atoms with Crippen LogP contribution in [0.25, 0.3) is 10.4 Å². The SMILES string of the molecule is C=CC(=O)OCCCCOC.Cc1cccc(-c2ccc(C)s2)c1. The quantitative estimate of drug-likeness (QED) is 0.394. The number of rotatable bonds is 7. The van der Waals surface area contributed by atoms with E-state index in [0.717, 1.165) is 18.9 Å². The van der Waals surface area contributed by atoms with Crippen LogP contribution >= 0.6 is 11.3 Å². The number of esters is 1. The van der Waals surface area contributed by atoms with Gasteiger partial charge in [0.1, 0.15) is 0 Å². The predicted octanol–water partition coefficient (Wildman–Crippen LogP) is 5.17. The molecule has 24 heavy (non-hydrogen) atoms. The molecule has 0 amide bonds. The van der Waals surface area contributed by atoms with Crippen molar-refractivity contribution >= 4 is 17.3 Å². The van der Waals surface area contributed by atoms with Crippen LogP contribution in [0.2, 0.25) is 0 Å². The molecule has 0 aliphatic heterocycles. The summed E-state index contributed by atoms with van der Waals surface area (Å²) in [4.78, 5) is 13.2. The lowest BCUT2D eigenvalue weighted by molar-refractivity contribution is -0.137. The first-order chi connectivity index (χ1) is 11.6. The van der Waals surface area contributed by atoms with E-state index in [1.54, 1.807) is 7.11 Å². The molecule has 4 heteroatoms. The third kappa shape index (κ3) is 8.09. The summed E-state index contributed by atoms with van der Waals surface area (Å²) in [6.45, 7) is 8.71. The van der Waals surface area contributed by atoms with Crippen molar-refractivity contribution in [3.05, 3.63) is 59.5 Å². The van der Waals surface area contributed by atoms with Gasteiger partial charge in [-0.1, -0.05) is 36.4 Å². The maximum absolute atomic E-state index is 10.5. The fourth-order valence-electron chi connectivity index (χ4n) is 1.97. The Balaban J connectivity index is 0.000000245. The van der Waals surface area contributed by atoms with Crippen LogP contribution in [0, 0.1) is 13.8 Å². The zero-order valence-corrected chi connectivity index (χ0v) is 15.5. The molecule has 0 bridgehead atoms. The average molecular weight is 346 g/mol. The third-order valence-corrected chi connectivity index (χ3v) is 4.25. The van der Waals surface area contributed by atoms with Gasteiger partial charge >= 0.3 is 5.97 Å². The normalized spacial score (nSPS) is 9.79. The number of carbonyl (C=O) groups excluding carboxylic acids is 1. The van der Waals surface area contributed by atoms with E-state index in [4.69, 9.17) is 9.47 Å². The van der Waals surface area contributed by atoms with Gasteiger partial charge in [0, 0.05) is 29.5 Å². The fraction of sp³-hybridized carbons (Fsp3) is 0.350. The molecule has 0 unspecified atom stereocenters. The molecular weight excluding hydrogens is 320 g/mol. The Morgan fingerprint density at radius 1 is 1.17 bits per heavy atom.